The maximum atomic E-state index is 12.5. The quantitative estimate of drug-likeness (QED) is 0.762. The van der Waals surface area contributed by atoms with Gasteiger partial charge >= 0.3 is 0 Å². The minimum Gasteiger partial charge on any atom is -0.339 e. The number of hydrogen-bond donors (Lipinski definition) is 1. The van der Waals surface area contributed by atoms with Crippen molar-refractivity contribution >= 4 is 39.1 Å². The summed E-state index contributed by atoms with van der Waals surface area (Å²) in [5, 5.41) is 0.697. The number of carbonyl (C=O) groups is 1. The van der Waals surface area contributed by atoms with Gasteiger partial charge in [0.1, 0.15) is 0 Å². The van der Waals surface area contributed by atoms with Crippen molar-refractivity contribution in [1.29, 1.82) is 0 Å². The summed E-state index contributed by atoms with van der Waals surface area (Å²) in [5.41, 5.74) is 1.87. The third-order valence-corrected chi connectivity index (χ3v) is 6.44. The molecule has 1 aliphatic heterocycles. The normalized spacial score (nSPS) is 14.5. The number of sulfonamides is 1. The molecule has 0 bridgehead atoms. The molecule has 0 spiro atoms. The van der Waals surface area contributed by atoms with Crippen LogP contribution in [-0.4, -0.2) is 32.3 Å². The third kappa shape index (κ3) is 5.45. The summed E-state index contributed by atoms with van der Waals surface area (Å²) in [7, 11) is -3.56. The first-order chi connectivity index (χ1) is 12.8. The van der Waals surface area contributed by atoms with Gasteiger partial charge in [-0.1, -0.05) is 41.4 Å². The summed E-state index contributed by atoms with van der Waals surface area (Å²) in [5.74, 6) is -0.205. The average molecular weight is 427 g/mol. The summed E-state index contributed by atoms with van der Waals surface area (Å²) < 4.78 is 27.2. The fraction of sp³-hybridized carbons (Fsp3) is 0.316. The molecule has 2 aromatic rings. The van der Waals surface area contributed by atoms with Crippen LogP contribution in [0.5, 0.6) is 0 Å². The standard InChI is InChI=1S/C19H20Cl2N2O3S/c20-17-7-6-15(11-18(17)21)13-27(25,26)22-12-14-4-3-5-16(10-14)19(24)23-8-1-2-9-23/h3-7,10-11,22H,1-2,8-9,12-13H2. The lowest BCUT2D eigenvalue weighted by atomic mass is 10.1. The van der Waals surface area contributed by atoms with Gasteiger partial charge in [0, 0.05) is 25.2 Å². The topological polar surface area (TPSA) is 66.5 Å². The van der Waals surface area contributed by atoms with E-state index in [9.17, 15) is 13.2 Å². The molecule has 8 heteroatoms. The molecule has 0 atom stereocenters. The molecule has 1 N–H and O–H groups in total. The highest BCUT2D eigenvalue weighted by Gasteiger charge is 2.19. The lowest BCUT2D eigenvalue weighted by Gasteiger charge is -2.15. The zero-order valence-electron chi connectivity index (χ0n) is 14.6. The highest BCUT2D eigenvalue weighted by Crippen LogP contribution is 2.23. The number of rotatable bonds is 6. The van der Waals surface area contributed by atoms with Crippen molar-refractivity contribution in [3.05, 3.63) is 69.2 Å². The van der Waals surface area contributed by atoms with Crippen LogP contribution in [0.15, 0.2) is 42.5 Å². The van der Waals surface area contributed by atoms with Crippen LogP contribution in [0.1, 0.15) is 34.3 Å². The Hall–Kier alpha value is -1.60. The lowest BCUT2D eigenvalue weighted by molar-refractivity contribution is 0.0792. The van der Waals surface area contributed by atoms with Gasteiger partial charge in [0.05, 0.1) is 15.8 Å². The predicted octanol–water partition coefficient (Wildman–Crippen LogP) is 3.85. The molecule has 5 nitrogen and oxygen atoms in total. The van der Waals surface area contributed by atoms with E-state index in [4.69, 9.17) is 23.2 Å². The van der Waals surface area contributed by atoms with Crippen LogP contribution in [-0.2, 0) is 22.3 Å². The van der Waals surface area contributed by atoms with E-state index in [-0.39, 0.29) is 18.2 Å². The maximum absolute atomic E-state index is 12.5. The van der Waals surface area contributed by atoms with Crippen LogP contribution in [0.25, 0.3) is 0 Å². The summed E-state index contributed by atoms with van der Waals surface area (Å²) in [6.07, 6.45) is 2.06. The van der Waals surface area contributed by atoms with E-state index in [0.29, 0.717) is 21.2 Å². The Balaban J connectivity index is 1.64. The number of nitrogens with zero attached hydrogens (tertiary/aromatic N) is 1. The first-order valence-electron chi connectivity index (χ1n) is 8.63. The van der Waals surface area contributed by atoms with Gasteiger partial charge in [-0.05, 0) is 48.2 Å². The van der Waals surface area contributed by atoms with Crippen LogP contribution in [0.3, 0.4) is 0 Å². The molecule has 27 heavy (non-hydrogen) atoms. The van der Waals surface area contributed by atoms with Crippen molar-refractivity contribution in [2.24, 2.45) is 0 Å². The van der Waals surface area contributed by atoms with E-state index in [0.717, 1.165) is 31.5 Å². The van der Waals surface area contributed by atoms with E-state index >= 15 is 0 Å². The predicted molar refractivity (Wildman–Crippen MR) is 108 cm³/mol. The molecule has 144 valence electrons. The van der Waals surface area contributed by atoms with Crippen molar-refractivity contribution in [3.63, 3.8) is 0 Å². The van der Waals surface area contributed by atoms with Crippen molar-refractivity contribution in [3.8, 4) is 0 Å². The van der Waals surface area contributed by atoms with Crippen LogP contribution >= 0.6 is 23.2 Å². The van der Waals surface area contributed by atoms with Crippen molar-refractivity contribution in [2.45, 2.75) is 25.1 Å². The maximum Gasteiger partial charge on any atom is 0.253 e. The Morgan fingerprint density at radius 3 is 2.44 bits per heavy atom. The molecule has 0 unspecified atom stereocenters. The summed E-state index contributed by atoms with van der Waals surface area (Å²) in [6, 6.07) is 11.8. The largest absolute Gasteiger partial charge is 0.339 e. The highest BCUT2D eigenvalue weighted by molar-refractivity contribution is 7.88. The van der Waals surface area contributed by atoms with Crippen molar-refractivity contribution in [1.82, 2.24) is 9.62 Å². The van der Waals surface area contributed by atoms with Crippen LogP contribution in [0, 0.1) is 0 Å². The molecule has 1 heterocycles. The fourth-order valence-electron chi connectivity index (χ4n) is 3.01. The molecule has 0 aromatic heterocycles. The smallest absolute Gasteiger partial charge is 0.253 e. The van der Waals surface area contributed by atoms with Gasteiger partial charge in [-0.25, -0.2) is 13.1 Å². The monoisotopic (exact) mass is 426 g/mol. The van der Waals surface area contributed by atoms with Gasteiger partial charge in [-0.15, -0.1) is 0 Å². The molecule has 2 aromatic carbocycles. The molecule has 3 rings (SSSR count). The molecule has 1 saturated heterocycles. The first-order valence-corrected chi connectivity index (χ1v) is 11.0. The van der Waals surface area contributed by atoms with E-state index in [1.165, 1.54) is 0 Å². The minimum absolute atomic E-state index is 0.00647. The minimum atomic E-state index is -3.56. The van der Waals surface area contributed by atoms with Gasteiger partial charge in [0.2, 0.25) is 10.0 Å². The summed E-state index contributed by atoms with van der Waals surface area (Å²) >= 11 is 11.8. The molecular formula is C19H20Cl2N2O3S. The van der Waals surface area contributed by atoms with Gasteiger partial charge in [-0.2, -0.15) is 0 Å². The highest BCUT2D eigenvalue weighted by atomic mass is 35.5. The van der Waals surface area contributed by atoms with Crippen molar-refractivity contribution < 1.29 is 13.2 Å². The molecule has 0 radical (unpaired) electrons. The Morgan fingerprint density at radius 2 is 1.74 bits per heavy atom. The lowest BCUT2D eigenvalue weighted by Crippen LogP contribution is -2.28. The fourth-order valence-corrected chi connectivity index (χ4v) is 4.44. The number of hydrogen-bond acceptors (Lipinski definition) is 3. The molecule has 1 amide bonds. The molecule has 1 fully saturated rings. The molecule has 0 aliphatic carbocycles. The van der Waals surface area contributed by atoms with E-state index in [1.807, 2.05) is 4.90 Å². The second-order valence-corrected chi connectivity index (χ2v) is 9.15. The number of nitrogens with one attached hydrogen (secondary N) is 1. The second kappa shape index (κ2) is 8.61. The van der Waals surface area contributed by atoms with Gasteiger partial charge < -0.3 is 4.90 Å². The Bertz CT molecular complexity index is 942. The van der Waals surface area contributed by atoms with E-state index in [2.05, 4.69) is 4.72 Å². The van der Waals surface area contributed by atoms with E-state index < -0.39 is 10.0 Å². The number of carbonyl (C=O) groups excluding carboxylic acids is 1. The van der Waals surface area contributed by atoms with Crippen LogP contribution in [0.2, 0.25) is 10.0 Å². The average Bonchev–Trinajstić information content (AvgIpc) is 3.17. The van der Waals surface area contributed by atoms with Gasteiger partial charge in [0.15, 0.2) is 0 Å². The zero-order valence-corrected chi connectivity index (χ0v) is 16.9. The number of likely N-dealkylation sites (tertiary alicyclic amines) is 1. The van der Waals surface area contributed by atoms with Gasteiger partial charge in [-0.3, -0.25) is 4.79 Å². The van der Waals surface area contributed by atoms with Crippen LogP contribution < -0.4 is 4.72 Å². The SMILES string of the molecule is O=C(c1cccc(CNS(=O)(=O)Cc2ccc(Cl)c(Cl)c2)c1)N1CCCC1. The number of amides is 1. The van der Waals surface area contributed by atoms with E-state index in [1.54, 1.807) is 42.5 Å². The Kier molecular flexibility index (Phi) is 6.42. The third-order valence-electron chi connectivity index (χ3n) is 4.40. The molecule has 1 aliphatic rings. The summed E-state index contributed by atoms with van der Waals surface area (Å²) in [4.78, 5) is 14.3. The number of halogens is 2. The summed E-state index contributed by atoms with van der Waals surface area (Å²) in [6.45, 7) is 1.67. The first kappa shape index (κ1) is 20.1. The zero-order chi connectivity index (χ0) is 19.4. The van der Waals surface area contributed by atoms with Crippen molar-refractivity contribution in [2.75, 3.05) is 13.1 Å². The van der Waals surface area contributed by atoms with Crippen LogP contribution in [0.4, 0.5) is 0 Å². The second-order valence-electron chi connectivity index (χ2n) is 6.53. The number of benzene rings is 2. The molecular weight excluding hydrogens is 407 g/mol. The Labute approximate surface area is 169 Å². The molecule has 0 saturated carbocycles. The Morgan fingerprint density at radius 1 is 1.00 bits per heavy atom. The van der Waals surface area contributed by atoms with Gasteiger partial charge in [0.25, 0.3) is 5.91 Å².